The fraction of sp³-hybridized carbons (Fsp3) is 0.440. The summed E-state index contributed by atoms with van der Waals surface area (Å²) in [5.41, 5.74) is 1.96. The van der Waals surface area contributed by atoms with E-state index in [4.69, 9.17) is 9.90 Å². The number of carboxylic acids is 1. The number of carboxylic acid groups (broad SMARTS) is 1. The van der Waals surface area contributed by atoms with Gasteiger partial charge >= 0.3 is 12.1 Å². The number of alkyl halides is 3. The molecule has 2 N–H and O–H groups in total. The second kappa shape index (κ2) is 13.5. The van der Waals surface area contributed by atoms with Gasteiger partial charge in [-0.15, -0.1) is 0 Å². The summed E-state index contributed by atoms with van der Waals surface area (Å²) in [6.07, 6.45) is -4.18. The SMILES string of the molecule is CC(C)Cc1ccc(S(=O)(=O)N(CC(=O)N2CCNCC2)Cc2ccccc2)cc1.O=C(O)C(F)(F)F. The highest BCUT2D eigenvalue weighted by molar-refractivity contribution is 7.89. The van der Waals surface area contributed by atoms with Crippen LogP contribution in [0.5, 0.6) is 0 Å². The third-order valence-electron chi connectivity index (χ3n) is 5.43. The summed E-state index contributed by atoms with van der Waals surface area (Å²) in [6, 6.07) is 16.4. The second-order valence-electron chi connectivity index (χ2n) is 8.93. The van der Waals surface area contributed by atoms with Crippen molar-refractivity contribution < 1.29 is 36.3 Å². The van der Waals surface area contributed by atoms with Crippen molar-refractivity contribution in [2.75, 3.05) is 32.7 Å². The molecule has 0 aliphatic carbocycles. The maximum atomic E-state index is 13.4. The van der Waals surface area contributed by atoms with E-state index in [0.29, 0.717) is 19.0 Å². The molecule has 2 aromatic rings. The highest BCUT2D eigenvalue weighted by Gasteiger charge is 2.38. The molecule has 12 heteroatoms. The summed E-state index contributed by atoms with van der Waals surface area (Å²) in [5.74, 6) is -2.42. The van der Waals surface area contributed by atoms with E-state index in [1.165, 1.54) is 4.31 Å². The van der Waals surface area contributed by atoms with Crippen molar-refractivity contribution in [2.24, 2.45) is 5.92 Å². The summed E-state index contributed by atoms with van der Waals surface area (Å²) in [4.78, 5) is 23.7. The number of amides is 1. The first-order chi connectivity index (χ1) is 17.3. The number of halogens is 3. The maximum Gasteiger partial charge on any atom is 0.490 e. The van der Waals surface area contributed by atoms with Gasteiger partial charge in [0, 0.05) is 32.7 Å². The molecule has 3 rings (SSSR count). The molecule has 204 valence electrons. The van der Waals surface area contributed by atoms with Crippen LogP contribution in [0.3, 0.4) is 0 Å². The standard InChI is InChI=1S/C23H31N3O3S.C2HF3O2/c1-19(2)16-20-8-10-22(11-9-20)30(28,29)26(17-21-6-4-3-5-7-21)18-23(27)25-14-12-24-13-15-25;3-2(4,5)1(6)7/h3-11,19,24H,12-18H2,1-2H3;(H,6,7). The summed E-state index contributed by atoms with van der Waals surface area (Å²) < 4.78 is 59.9. The third kappa shape index (κ3) is 9.78. The highest BCUT2D eigenvalue weighted by atomic mass is 32.2. The summed E-state index contributed by atoms with van der Waals surface area (Å²) in [7, 11) is -3.81. The van der Waals surface area contributed by atoms with E-state index in [1.807, 2.05) is 42.5 Å². The summed E-state index contributed by atoms with van der Waals surface area (Å²) in [6.45, 7) is 6.93. The first-order valence-corrected chi connectivity index (χ1v) is 13.2. The third-order valence-corrected chi connectivity index (χ3v) is 7.24. The second-order valence-corrected chi connectivity index (χ2v) is 10.9. The molecular weight excluding hydrogens is 511 g/mol. The summed E-state index contributed by atoms with van der Waals surface area (Å²) in [5, 5.41) is 10.3. The number of carbonyl (C=O) groups is 2. The molecule has 0 atom stereocenters. The molecule has 0 aromatic heterocycles. The minimum atomic E-state index is -5.08. The number of nitrogens with one attached hydrogen (secondary N) is 1. The Balaban J connectivity index is 0.000000604. The number of rotatable bonds is 8. The van der Waals surface area contributed by atoms with Crippen LogP contribution in [0.15, 0.2) is 59.5 Å². The Hall–Kier alpha value is -2.96. The predicted molar refractivity (Wildman–Crippen MR) is 132 cm³/mol. The molecule has 2 aromatic carbocycles. The Morgan fingerprint density at radius 2 is 1.54 bits per heavy atom. The maximum absolute atomic E-state index is 13.4. The Kier molecular flexibility index (Phi) is 11.1. The fourth-order valence-electron chi connectivity index (χ4n) is 3.60. The van der Waals surface area contributed by atoms with Gasteiger partial charge in [-0.1, -0.05) is 56.3 Å². The van der Waals surface area contributed by atoms with Crippen molar-refractivity contribution in [3.63, 3.8) is 0 Å². The zero-order chi connectivity index (χ0) is 27.6. The van der Waals surface area contributed by atoms with Crippen molar-refractivity contribution in [2.45, 2.75) is 37.9 Å². The van der Waals surface area contributed by atoms with Gasteiger partial charge in [0.1, 0.15) is 0 Å². The Bertz CT molecular complexity index is 1120. The predicted octanol–water partition coefficient (Wildman–Crippen LogP) is 3.14. The largest absolute Gasteiger partial charge is 0.490 e. The quantitative estimate of drug-likeness (QED) is 0.530. The Labute approximate surface area is 215 Å². The molecule has 1 fully saturated rings. The molecule has 0 unspecified atom stereocenters. The van der Waals surface area contributed by atoms with Crippen LogP contribution in [0.2, 0.25) is 0 Å². The van der Waals surface area contributed by atoms with Gasteiger partial charge in [0.15, 0.2) is 0 Å². The number of nitrogens with zero attached hydrogens (tertiary/aromatic N) is 2. The van der Waals surface area contributed by atoms with Gasteiger partial charge < -0.3 is 15.3 Å². The molecule has 0 bridgehead atoms. The van der Waals surface area contributed by atoms with Gasteiger partial charge in [0.05, 0.1) is 11.4 Å². The first kappa shape index (κ1) is 30.3. The molecule has 8 nitrogen and oxygen atoms in total. The van der Waals surface area contributed by atoms with Crippen molar-refractivity contribution in [1.82, 2.24) is 14.5 Å². The lowest BCUT2D eigenvalue weighted by Crippen LogP contribution is -2.50. The number of benzene rings is 2. The molecule has 1 heterocycles. The van der Waals surface area contributed by atoms with Crippen LogP contribution in [0.1, 0.15) is 25.0 Å². The normalized spacial score (nSPS) is 14.3. The van der Waals surface area contributed by atoms with Gasteiger partial charge in [-0.05, 0) is 35.6 Å². The Morgan fingerprint density at radius 1 is 1.00 bits per heavy atom. The van der Waals surface area contributed by atoms with Crippen molar-refractivity contribution in [3.05, 3.63) is 65.7 Å². The van der Waals surface area contributed by atoms with Crippen LogP contribution < -0.4 is 5.32 Å². The first-order valence-electron chi connectivity index (χ1n) is 11.7. The number of carbonyl (C=O) groups excluding carboxylic acids is 1. The minimum absolute atomic E-state index is 0.160. The topological polar surface area (TPSA) is 107 Å². The lowest BCUT2D eigenvalue weighted by molar-refractivity contribution is -0.192. The van der Waals surface area contributed by atoms with Crippen molar-refractivity contribution in [3.8, 4) is 0 Å². The number of hydrogen-bond donors (Lipinski definition) is 2. The lowest BCUT2D eigenvalue weighted by atomic mass is 10.0. The van der Waals surface area contributed by atoms with E-state index in [1.54, 1.807) is 17.0 Å². The number of piperazine rings is 1. The van der Waals surface area contributed by atoms with Crippen LogP contribution in [-0.4, -0.2) is 73.5 Å². The zero-order valence-corrected chi connectivity index (χ0v) is 21.6. The lowest BCUT2D eigenvalue weighted by Gasteiger charge is -2.30. The van der Waals surface area contributed by atoms with Crippen LogP contribution in [0.4, 0.5) is 13.2 Å². The van der Waals surface area contributed by atoms with Crippen LogP contribution in [-0.2, 0) is 32.6 Å². The number of hydrogen-bond acceptors (Lipinski definition) is 5. The monoisotopic (exact) mass is 543 g/mol. The van der Waals surface area contributed by atoms with Gasteiger partial charge in [0.2, 0.25) is 15.9 Å². The van der Waals surface area contributed by atoms with Gasteiger partial charge in [-0.25, -0.2) is 13.2 Å². The zero-order valence-electron chi connectivity index (χ0n) is 20.7. The van der Waals surface area contributed by atoms with Crippen LogP contribution in [0, 0.1) is 5.92 Å². The van der Waals surface area contributed by atoms with E-state index >= 15 is 0 Å². The van der Waals surface area contributed by atoms with Gasteiger partial charge in [-0.2, -0.15) is 17.5 Å². The molecule has 0 spiro atoms. The molecule has 37 heavy (non-hydrogen) atoms. The smallest absolute Gasteiger partial charge is 0.475 e. The average Bonchev–Trinajstić information content (AvgIpc) is 2.84. The molecule has 1 saturated heterocycles. The molecule has 1 amide bonds. The molecule has 0 radical (unpaired) electrons. The fourth-order valence-corrected chi connectivity index (χ4v) is 4.97. The number of sulfonamides is 1. The minimum Gasteiger partial charge on any atom is -0.475 e. The Morgan fingerprint density at radius 3 is 2.03 bits per heavy atom. The van der Waals surface area contributed by atoms with Crippen molar-refractivity contribution in [1.29, 1.82) is 0 Å². The van der Waals surface area contributed by atoms with E-state index in [9.17, 15) is 26.4 Å². The van der Waals surface area contributed by atoms with E-state index in [2.05, 4.69) is 19.2 Å². The van der Waals surface area contributed by atoms with E-state index in [-0.39, 0.29) is 23.9 Å². The van der Waals surface area contributed by atoms with Gasteiger partial charge in [-0.3, -0.25) is 4.79 Å². The van der Waals surface area contributed by atoms with Gasteiger partial charge in [0.25, 0.3) is 0 Å². The number of aliphatic carboxylic acids is 1. The average molecular weight is 544 g/mol. The molecule has 1 aliphatic rings. The van der Waals surface area contributed by atoms with E-state index < -0.39 is 22.2 Å². The molecule has 0 saturated carbocycles. The molecular formula is C25H32F3N3O5S. The highest BCUT2D eigenvalue weighted by Crippen LogP contribution is 2.20. The van der Waals surface area contributed by atoms with Crippen molar-refractivity contribution >= 4 is 21.9 Å². The van der Waals surface area contributed by atoms with E-state index in [0.717, 1.165) is 30.6 Å². The van der Waals surface area contributed by atoms with Crippen LogP contribution >= 0.6 is 0 Å². The van der Waals surface area contributed by atoms with Crippen LogP contribution in [0.25, 0.3) is 0 Å². The molecule has 1 aliphatic heterocycles. The summed E-state index contributed by atoms with van der Waals surface area (Å²) >= 11 is 0.